The zero-order valence-electron chi connectivity index (χ0n) is 24.9. The molecule has 2 N–H and O–H groups in total. The molecule has 6 aliphatic rings. The molecule has 45 heavy (non-hydrogen) atoms. The first kappa shape index (κ1) is 26.7. The van der Waals surface area contributed by atoms with Gasteiger partial charge in [-0.25, -0.2) is 4.98 Å². The SMILES string of the molecule is C1=Cc2cc3c4nc5ccccc5c-4ccn3cc2CO1.O=C(O)C1COC[C@H]2CN3CCc4c([nH]c5ccccc45)[C@@H]3C[C@H]12. The van der Waals surface area contributed by atoms with Crippen molar-refractivity contribution in [3.63, 3.8) is 0 Å². The number of hydrogen-bond donors (Lipinski definition) is 2. The van der Waals surface area contributed by atoms with E-state index in [0.717, 1.165) is 42.7 Å². The molecule has 8 heteroatoms. The summed E-state index contributed by atoms with van der Waals surface area (Å²) in [6.07, 6.45) is 9.99. The van der Waals surface area contributed by atoms with Crippen LogP contribution >= 0.6 is 0 Å². The molecule has 0 radical (unpaired) electrons. The van der Waals surface area contributed by atoms with Gasteiger partial charge in [-0.15, -0.1) is 0 Å². The zero-order valence-corrected chi connectivity index (χ0v) is 24.9. The van der Waals surface area contributed by atoms with Gasteiger partial charge in [0.05, 0.1) is 48.2 Å². The molecule has 4 atom stereocenters. The lowest BCUT2D eigenvalue weighted by Gasteiger charge is -2.49. The Morgan fingerprint density at radius 1 is 1.04 bits per heavy atom. The third-order valence-electron chi connectivity index (χ3n) is 10.4. The predicted octanol–water partition coefficient (Wildman–Crippen LogP) is 6.53. The number of aliphatic carboxylic acids is 1. The molecule has 226 valence electrons. The van der Waals surface area contributed by atoms with E-state index in [0.29, 0.717) is 31.8 Å². The first-order valence-electron chi connectivity index (χ1n) is 15.9. The average molecular weight is 599 g/mol. The maximum Gasteiger partial charge on any atom is 0.309 e. The van der Waals surface area contributed by atoms with Gasteiger partial charge < -0.3 is 24.0 Å². The summed E-state index contributed by atoms with van der Waals surface area (Å²) in [5, 5.41) is 12.1. The van der Waals surface area contributed by atoms with Crippen LogP contribution in [0.3, 0.4) is 0 Å². The van der Waals surface area contributed by atoms with Crippen LogP contribution in [-0.2, 0) is 27.3 Å². The van der Waals surface area contributed by atoms with Gasteiger partial charge in [0.2, 0.25) is 0 Å². The van der Waals surface area contributed by atoms with Crippen molar-refractivity contribution in [2.75, 3.05) is 26.3 Å². The number of hydrogen-bond acceptors (Lipinski definition) is 5. The van der Waals surface area contributed by atoms with Gasteiger partial charge in [-0.1, -0.05) is 36.4 Å². The quantitative estimate of drug-likeness (QED) is 0.224. The van der Waals surface area contributed by atoms with E-state index in [1.807, 2.05) is 12.1 Å². The van der Waals surface area contributed by atoms with Crippen molar-refractivity contribution in [1.82, 2.24) is 19.3 Å². The Hall–Kier alpha value is -4.66. The number of ether oxygens (including phenoxy) is 2. The highest BCUT2D eigenvalue weighted by Gasteiger charge is 2.46. The average Bonchev–Trinajstić information content (AvgIpc) is 3.65. The molecule has 6 aliphatic heterocycles. The Kier molecular flexibility index (Phi) is 6.21. The van der Waals surface area contributed by atoms with Gasteiger partial charge in [0.1, 0.15) is 6.61 Å². The second kappa shape index (κ2) is 10.5. The summed E-state index contributed by atoms with van der Waals surface area (Å²) >= 11 is 0. The van der Waals surface area contributed by atoms with Crippen LogP contribution in [0, 0.1) is 17.8 Å². The van der Waals surface area contributed by atoms with Crippen molar-refractivity contribution in [1.29, 1.82) is 0 Å². The summed E-state index contributed by atoms with van der Waals surface area (Å²) in [6, 6.07) is 21.5. The van der Waals surface area contributed by atoms with Gasteiger partial charge in [0, 0.05) is 58.6 Å². The smallest absolute Gasteiger partial charge is 0.309 e. The van der Waals surface area contributed by atoms with Crippen molar-refractivity contribution in [2.45, 2.75) is 25.5 Å². The Morgan fingerprint density at radius 2 is 1.91 bits per heavy atom. The molecule has 0 amide bonds. The van der Waals surface area contributed by atoms with Crippen LogP contribution in [0.15, 0.2) is 79.3 Å². The number of aromatic nitrogens is 3. The van der Waals surface area contributed by atoms with E-state index >= 15 is 0 Å². The largest absolute Gasteiger partial charge is 0.496 e. The number of carboxylic acid groups (broad SMARTS) is 1. The number of carboxylic acids is 1. The Morgan fingerprint density at radius 3 is 2.82 bits per heavy atom. The third-order valence-corrected chi connectivity index (χ3v) is 10.4. The minimum absolute atomic E-state index is 0.217. The van der Waals surface area contributed by atoms with Gasteiger partial charge in [-0.2, -0.15) is 0 Å². The lowest BCUT2D eigenvalue weighted by atomic mass is 9.71. The van der Waals surface area contributed by atoms with Gasteiger partial charge in [0.15, 0.2) is 0 Å². The third kappa shape index (κ3) is 4.35. The number of benzene rings is 2. The Labute approximate surface area is 260 Å². The number of nitrogens with one attached hydrogen (secondary N) is 1. The lowest BCUT2D eigenvalue weighted by Crippen LogP contribution is -2.52. The number of rotatable bonds is 1. The first-order valence-corrected chi connectivity index (χ1v) is 15.9. The molecule has 0 spiro atoms. The van der Waals surface area contributed by atoms with E-state index in [1.165, 1.54) is 44.2 Å². The number of nitrogens with zero attached hydrogens (tertiary/aromatic N) is 3. The number of para-hydroxylation sites is 2. The zero-order chi connectivity index (χ0) is 30.1. The number of pyridine rings is 2. The molecule has 0 saturated carbocycles. The van der Waals surface area contributed by atoms with Crippen molar-refractivity contribution in [2.24, 2.45) is 17.8 Å². The van der Waals surface area contributed by atoms with Crippen molar-refractivity contribution >= 4 is 39.4 Å². The molecule has 0 bridgehead atoms. The van der Waals surface area contributed by atoms with Gasteiger partial charge in [0.25, 0.3) is 0 Å². The van der Waals surface area contributed by atoms with Crippen LogP contribution in [0.4, 0.5) is 0 Å². The molecule has 1 unspecified atom stereocenters. The van der Waals surface area contributed by atoms with E-state index in [2.05, 4.69) is 81.3 Å². The molecule has 0 aliphatic carbocycles. The number of fused-ring (bicyclic) bond motifs is 12. The van der Waals surface area contributed by atoms with E-state index < -0.39 is 5.97 Å². The predicted molar refractivity (Wildman–Crippen MR) is 173 cm³/mol. The summed E-state index contributed by atoms with van der Waals surface area (Å²) in [7, 11) is 0. The second-order valence-corrected chi connectivity index (χ2v) is 12.8. The second-order valence-electron chi connectivity index (χ2n) is 12.8. The normalized spacial score (nSPS) is 23.9. The lowest BCUT2D eigenvalue weighted by molar-refractivity contribution is -0.157. The minimum atomic E-state index is -0.703. The Bertz CT molecular complexity index is 2090. The summed E-state index contributed by atoms with van der Waals surface area (Å²) < 4.78 is 13.1. The van der Waals surface area contributed by atoms with Crippen LogP contribution in [-0.4, -0.2) is 56.6 Å². The van der Waals surface area contributed by atoms with Crippen molar-refractivity contribution in [3.05, 3.63) is 102 Å². The summed E-state index contributed by atoms with van der Waals surface area (Å²) in [4.78, 5) is 22.6. The summed E-state index contributed by atoms with van der Waals surface area (Å²) in [5.41, 5.74) is 10.8. The van der Waals surface area contributed by atoms with Crippen LogP contribution in [0.2, 0.25) is 0 Å². The molecule has 8 heterocycles. The standard InChI is InChI=1S/C19H22N2O3.C18H12N2O/c22-19(23)15-10-24-9-11-8-21-6-5-13-12-3-1-2-4-16(12)20-18(13)17(21)7-14(11)15;1-2-4-16-14(3-1)15-5-7-20-10-13-11-21-8-6-12(13)9-17(20)18(15)19-16/h1-4,11,14-15,17,20H,5-10H2,(H,22,23);1-10H,11H2/t11-,14+,15?,17+;/m1./s1. The fourth-order valence-corrected chi connectivity index (χ4v) is 8.24. The molecular weight excluding hydrogens is 564 g/mol. The highest BCUT2D eigenvalue weighted by atomic mass is 16.5. The van der Waals surface area contributed by atoms with Gasteiger partial charge >= 0.3 is 5.97 Å². The fourth-order valence-electron chi connectivity index (χ4n) is 8.24. The number of piperidine rings is 1. The molecule has 2 aromatic carbocycles. The topological polar surface area (TPSA) is 92.1 Å². The maximum absolute atomic E-state index is 11.7. The van der Waals surface area contributed by atoms with Crippen molar-refractivity contribution < 1.29 is 19.4 Å². The van der Waals surface area contributed by atoms with Crippen LogP contribution in [0.5, 0.6) is 0 Å². The molecule has 10 rings (SSSR count). The molecule has 8 nitrogen and oxygen atoms in total. The highest BCUT2D eigenvalue weighted by Crippen LogP contribution is 2.46. The monoisotopic (exact) mass is 598 g/mol. The van der Waals surface area contributed by atoms with E-state index in [-0.39, 0.29) is 11.8 Å². The van der Waals surface area contributed by atoms with E-state index in [1.54, 1.807) is 6.26 Å². The molecule has 2 fully saturated rings. The fraction of sp³-hybridized carbons (Fsp3) is 0.297. The molecule has 2 saturated heterocycles. The number of H-pyrrole nitrogens is 1. The number of aromatic amines is 1. The van der Waals surface area contributed by atoms with E-state index in [4.69, 9.17) is 14.5 Å². The van der Waals surface area contributed by atoms with Gasteiger partial charge in [-0.3, -0.25) is 9.69 Å². The van der Waals surface area contributed by atoms with E-state index in [9.17, 15) is 9.90 Å². The molecular formula is C37H34N4O4. The minimum Gasteiger partial charge on any atom is -0.496 e. The maximum atomic E-state index is 11.7. The highest BCUT2D eigenvalue weighted by molar-refractivity contribution is 6.01. The molecule has 4 aromatic rings. The van der Waals surface area contributed by atoms with Crippen LogP contribution in [0.25, 0.3) is 44.7 Å². The van der Waals surface area contributed by atoms with Crippen LogP contribution < -0.4 is 0 Å². The summed E-state index contributed by atoms with van der Waals surface area (Å²) in [5.74, 6) is -0.497. The first-order chi connectivity index (χ1) is 22.1. The molecule has 2 aromatic heterocycles. The number of carbonyl (C=O) groups is 1. The van der Waals surface area contributed by atoms with Crippen molar-refractivity contribution in [3.8, 4) is 11.3 Å². The summed E-state index contributed by atoms with van der Waals surface area (Å²) in [6.45, 7) is 3.71. The Balaban J connectivity index is 0.000000126. The van der Waals surface area contributed by atoms with Crippen LogP contribution in [0.1, 0.15) is 34.8 Å². The van der Waals surface area contributed by atoms with Gasteiger partial charge in [-0.05, 0) is 66.1 Å².